The monoisotopic (exact) mass is 371 g/mol. The first-order valence-corrected chi connectivity index (χ1v) is 7.25. The second-order valence-corrected chi connectivity index (χ2v) is 5.47. The number of nitrogens with one attached hydrogen (secondary N) is 1. The van der Waals surface area contributed by atoms with Crippen LogP contribution in [0.25, 0.3) is 0 Å². The van der Waals surface area contributed by atoms with Crippen molar-refractivity contribution in [2.75, 3.05) is 7.11 Å². The van der Waals surface area contributed by atoms with Gasteiger partial charge in [0.05, 0.1) is 17.1 Å². The van der Waals surface area contributed by atoms with E-state index in [1.807, 2.05) is 0 Å². The largest absolute Gasteiger partial charge is 0.496 e. The Morgan fingerprint density at radius 3 is 2.76 bits per heavy atom. The zero-order valence-electron chi connectivity index (χ0n) is 11.1. The number of halogens is 3. The van der Waals surface area contributed by atoms with Crippen molar-refractivity contribution in [3.05, 3.63) is 62.8 Å². The molecule has 6 heteroatoms. The van der Waals surface area contributed by atoms with Gasteiger partial charge in [0.2, 0.25) is 0 Å². The SMILES string of the molecule is COc1cccc(Cl)c1CNC(=O)c1cccc(Br)c1F. The molecule has 2 aromatic rings. The van der Waals surface area contributed by atoms with Gasteiger partial charge in [-0.15, -0.1) is 0 Å². The van der Waals surface area contributed by atoms with Gasteiger partial charge in [0.25, 0.3) is 5.91 Å². The van der Waals surface area contributed by atoms with E-state index >= 15 is 0 Å². The quantitative estimate of drug-likeness (QED) is 0.874. The third-order valence-corrected chi connectivity index (χ3v) is 3.88. The molecule has 0 atom stereocenters. The molecule has 0 radical (unpaired) electrons. The lowest BCUT2D eigenvalue weighted by Crippen LogP contribution is -2.24. The van der Waals surface area contributed by atoms with Crippen LogP contribution in [0.1, 0.15) is 15.9 Å². The van der Waals surface area contributed by atoms with E-state index in [1.165, 1.54) is 19.2 Å². The molecule has 2 aromatic carbocycles. The second kappa shape index (κ2) is 6.91. The van der Waals surface area contributed by atoms with E-state index < -0.39 is 11.7 Å². The topological polar surface area (TPSA) is 38.3 Å². The number of amides is 1. The first-order chi connectivity index (χ1) is 10.0. The number of benzene rings is 2. The van der Waals surface area contributed by atoms with Crippen molar-refractivity contribution in [2.45, 2.75) is 6.54 Å². The van der Waals surface area contributed by atoms with E-state index in [0.29, 0.717) is 16.3 Å². The molecule has 0 unspecified atom stereocenters. The van der Waals surface area contributed by atoms with Crippen molar-refractivity contribution in [1.82, 2.24) is 5.32 Å². The summed E-state index contributed by atoms with van der Waals surface area (Å²) in [4.78, 5) is 12.0. The van der Waals surface area contributed by atoms with Gasteiger partial charge in [0, 0.05) is 17.1 Å². The lowest BCUT2D eigenvalue weighted by Gasteiger charge is -2.12. The Labute approximate surface area is 135 Å². The number of methoxy groups -OCH3 is 1. The normalized spacial score (nSPS) is 10.3. The van der Waals surface area contributed by atoms with E-state index in [1.54, 1.807) is 24.3 Å². The molecule has 110 valence electrons. The number of carbonyl (C=O) groups is 1. The van der Waals surface area contributed by atoms with E-state index in [0.717, 1.165) is 0 Å². The molecule has 0 heterocycles. The smallest absolute Gasteiger partial charge is 0.254 e. The number of rotatable bonds is 4. The summed E-state index contributed by atoms with van der Waals surface area (Å²) in [7, 11) is 1.52. The van der Waals surface area contributed by atoms with Gasteiger partial charge in [-0.05, 0) is 40.2 Å². The zero-order valence-corrected chi connectivity index (χ0v) is 13.5. The molecule has 0 aliphatic carbocycles. The van der Waals surface area contributed by atoms with Gasteiger partial charge in [-0.1, -0.05) is 23.7 Å². The standard InChI is InChI=1S/C15H12BrClFNO2/c1-21-13-7-3-6-12(17)10(13)8-19-15(20)9-4-2-5-11(16)14(9)18/h2-7H,8H2,1H3,(H,19,20). The minimum atomic E-state index is -0.596. The third-order valence-electron chi connectivity index (χ3n) is 2.92. The highest BCUT2D eigenvalue weighted by Gasteiger charge is 2.15. The molecule has 3 nitrogen and oxygen atoms in total. The summed E-state index contributed by atoms with van der Waals surface area (Å²) in [5.41, 5.74) is 0.612. The highest BCUT2D eigenvalue weighted by atomic mass is 79.9. The molecular formula is C15H12BrClFNO2. The van der Waals surface area contributed by atoms with Crippen LogP contribution in [0.3, 0.4) is 0 Å². The van der Waals surface area contributed by atoms with Crippen molar-refractivity contribution in [1.29, 1.82) is 0 Å². The molecule has 0 bridgehead atoms. The van der Waals surface area contributed by atoms with Crippen LogP contribution in [-0.4, -0.2) is 13.0 Å². The number of carbonyl (C=O) groups excluding carboxylic acids is 1. The molecule has 0 aliphatic heterocycles. The Hall–Kier alpha value is -1.59. The van der Waals surface area contributed by atoms with Gasteiger partial charge < -0.3 is 10.1 Å². The molecule has 1 N–H and O–H groups in total. The number of ether oxygens (including phenoxy) is 1. The van der Waals surface area contributed by atoms with Crippen LogP contribution in [0.5, 0.6) is 5.75 Å². The summed E-state index contributed by atoms with van der Waals surface area (Å²) in [5.74, 6) is -0.547. The molecule has 0 aromatic heterocycles. The van der Waals surface area contributed by atoms with E-state index in [4.69, 9.17) is 16.3 Å². The Morgan fingerprint density at radius 1 is 1.33 bits per heavy atom. The fourth-order valence-corrected chi connectivity index (χ4v) is 2.44. The van der Waals surface area contributed by atoms with Crippen molar-refractivity contribution in [2.24, 2.45) is 0 Å². The van der Waals surface area contributed by atoms with Crippen LogP contribution in [0.15, 0.2) is 40.9 Å². The molecule has 0 spiro atoms. The Balaban J connectivity index is 2.17. The maximum atomic E-state index is 13.8. The predicted molar refractivity (Wildman–Crippen MR) is 83.3 cm³/mol. The summed E-state index contributed by atoms with van der Waals surface area (Å²) < 4.78 is 19.3. The van der Waals surface area contributed by atoms with Crippen molar-refractivity contribution in [3.63, 3.8) is 0 Å². The fourth-order valence-electron chi connectivity index (χ4n) is 1.84. The molecule has 1 amide bonds. The predicted octanol–water partition coefficient (Wildman–Crippen LogP) is 4.18. The van der Waals surface area contributed by atoms with Crippen molar-refractivity contribution >= 4 is 33.4 Å². The zero-order chi connectivity index (χ0) is 15.4. The first-order valence-electron chi connectivity index (χ1n) is 6.08. The summed E-state index contributed by atoms with van der Waals surface area (Å²) in [5, 5.41) is 3.11. The fraction of sp³-hybridized carbons (Fsp3) is 0.133. The molecule has 0 fully saturated rings. The van der Waals surface area contributed by atoms with Gasteiger partial charge in [-0.2, -0.15) is 0 Å². The molecule has 0 aliphatic rings. The van der Waals surface area contributed by atoms with Crippen LogP contribution in [0, 0.1) is 5.82 Å². The molecular weight excluding hydrogens is 361 g/mol. The minimum Gasteiger partial charge on any atom is -0.496 e. The van der Waals surface area contributed by atoms with Gasteiger partial charge in [0.1, 0.15) is 11.6 Å². The minimum absolute atomic E-state index is 0.0320. The summed E-state index contributed by atoms with van der Waals surface area (Å²) in [6.45, 7) is 0.146. The molecule has 0 saturated heterocycles. The maximum Gasteiger partial charge on any atom is 0.254 e. The average Bonchev–Trinajstić information content (AvgIpc) is 2.48. The number of hydrogen-bond acceptors (Lipinski definition) is 2. The highest BCUT2D eigenvalue weighted by molar-refractivity contribution is 9.10. The maximum absolute atomic E-state index is 13.8. The van der Waals surface area contributed by atoms with Crippen molar-refractivity contribution < 1.29 is 13.9 Å². The third kappa shape index (κ3) is 3.54. The lowest BCUT2D eigenvalue weighted by molar-refractivity contribution is 0.0946. The van der Waals surface area contributed by atoms with Gasteiger partial charge >= 0.3 is 0 Å². The van der Waals surface area contributed by atoms with Crippen LogP contribution >= 0.6 is 27.5 Å². The number of hydrogen-bond donors (Lipinski definition) is 1. The van der Waals surface area contributed by atoms with Crippen LogP contribution < -0.4 is 10.1 Å². The van der Waals surface area contributed by atoms with Gasteiger partial charge in [-0.3, -0.25) is 4.79 Å². The van der Waals surface area contributed by atoms with E-state index in [9.17, 15) is 9.18 Å². The first kappa shape index (κ1) is 15.8. The van der Waals surface area contributed by atoms with Gasteiger partial charge in [-0.25, -0.2) is 4.39 Å². The lowest BCUT2D eigenvalue weighted by atomic mass is 10.1. The van der Waals surface area contributed by atoms with Crippen LogP contribution in [0.2, 0.25) is 5.02 Å². The van der Waals surface area contributed by atoms with Crippen LogP contribution in [0.4, 0.5) is 4.39 Å². The average molecular weight is 373 g/mol. The van der Waals surface area contributed by atoms with Crippen molar-refractivity contribution in [3.8, 4) is 5.75 Å². The molecule has 0 saturated carbocycles. The Morgan fingerprint density at radius 2 is 2.05 bits per heavy atom. The van der Waals surface area contributed by atoms with Crippen LogP contribution in [-0.2, 0) is 6.54 Å². The Kier molecular flexibility index (Phi) is 5.20. The molecule has 2 rings (SSSR count). The summed E-state index contributed by atoms with van der Waals surface area (Å²) in [6, 6.07) is 9.74. The summed E-state index contributed by atoms with van der Waals surface area (Å²) in [6.07, 6.45) is 0. The van der Waals surface area contributed by atoms with E-state index in [2.05, 4.69) is 21.2 Å². The summed E-state index contributed by atoms with van der Waals surface area (Å²) >= 11 is 9.13. The molecule has 21 heavy (non-hydrogen) atoms. The Bertz CT molecular complexity index is 679. The van der Waals surface area contributed by atoms with Gasteiger partial charge in [0.15, 0.2) is 0 Å². The highest BCUT2D eigenvalue weighted by Crippen LogP contribution is 2.26. The second-order valence-electron chi connectivity index (χ2n) is 4.20. The van der Waals surface area contributed by atoms with E-state index in [-0.39, 0.29) is 16.6 Å².